The largest absolute Gasteiger partial charge is 0.460 e. The molecule has 0 saturated carbocycles. The predicted octanol–water partition coefficient (Wildman–Crippen LogP) is 4.89. The van der Waals surface area contributed by atoms with Crippen molar-refractivity contribution in [3.05, 3.63) is 90.0 Å². The van der Waals surface area contributed by atoms with Crippen molar-refractivity contribution in [2.75, 3.05) is 20.3 Å². The number of hydrogen-bond acceptors (Lipinski definition) is 5. The fraction of sp³-hybridized carbons (Fsp3) is 0.192. The molecule has 0 atom stereocenters. The fourth-order valence-corrected chi connectivity index (χ4v) is 3.35. The van der Waals surface area contributed by atoms with Crippen LogP contribution in [-0.4, -0.2) is 41.0 Å². The summed E-state index contributed by atoms with van der Waals surface area (Å²) in [6.07, 6.45) is 0.936. The van der Waals surface area contributed by atoms with E-state index in [2.05, 4.69) is 17.0 Å². The van der Waals surface area contributed by atoms with Gasteiger partial charge in [0.15, 0.2) is 5.82 Å². The van der Waals surface area contributed by atoms with Gasteiger partial charge in [0, 0.05) is 18.2 Å². The van der Waals surface area contributed by atoms with Crippen LogP contribution in [0.3, 0.4) is 0 Å². The van der Waals surface area contributed by atoms with Gasteiger partial charge in [0.05, 0.1) is 6.61 Å². The Kier molecular flexibility index (Phi) is 6.72. The van der Waals surface area contributed by atoms with Gasteiger partial charge in [-0.1, -0.05) is 73.7 Å². The molecular formula is C26H25N3O3. The number of methoxy groups -OCH3 is 1. The second-order valence-electron chi connectivity index (χ2n) is 7.27. The first kappa shape index (κ1) is 21.5. The van der Waals surface area contributed by atoms with Gasteiger partial charge in [-0.3, -0.25) is 4.79 Å². The third kappa shape index (κ3) is 4.76. The second kappa shape index (κ2) is 10.0. The zero-order chi connectivity index (χ0) is 22.3. The highest BCUT2D eigenvalue weighted by Gasteiger charge is 2.20. The minimum absolute atomic E-state index is 0.144. The summed E-state index contributed by atoms with van der Waals surface area (Å²) in [6, 6.07) is 25.6. The van der Waals surface area contributed by atoms with Gasteiger partial charge in [-0.2, -0.15) is 9.67 Å². The van der Waals surface area contributed by atoms with E-state index in [0.29, 0.717) is 24.6 Å². The molecule has 0 N–H and O–H groups in total. The van der Waals surface area contributed by atoms with Crippen molar-refractivity contribution < 1.29 is 14.3 Å². The highest BCUT2D eigenvalue weighted by Crippen LogP contribution is 2.24. The van der Waals surface area contributed by atoms with Crippen LogP contribution in [0.5, 0.6) is 6.01 Å². The fourth-order valence-electron chi connectivity index (χ4n) is 3.35. The molecule has 1 aromatic heterocycles. The summed E-state index contributed by atoms with van der Waals surface area (Å²) in [7, 11) is 1.60. The molecule has 0 aliphatic carbocycles. The number of ether oxygens (including phenoxy) is 2. The normalized spacial score (nSPS) is 10.8. The third-order valence-electron chi connectivity index (χ3n) is 5.16. The molecule has 32 heavy (non-hydrogen) atoms. The lowest BCUT2D eigenvalue weighted by atomic mass is 10.0. The van der Waals surface area contributed by atoms with Gasteiger partial charge in [-0.15, -0.1) is 5.10 Å². The van der Waals surface area contributed by atoms with E-state index >= 15 is 0 Å². The molecule has 1 heterocycles. The van der Waals surface area contributed by atoms with Gasteiger partial charge in [-0.05, 0) is 35.2 Å². The molecule has 0 bridgehead atoms. The standard InChI is InChI=1S/C26H25N3O3/c1-3-19-9-11-22(12-10-19)24-27-26(32-18-17-31-2)28-29(24)25(30)23-15-13-21(14-16-23)20-7-5-4-6-8-20/h4-16H,3,17-18H2,1-2H3. The number of rotatable bonds is 8. The van der Waals surface area contributed by atoms with Crippen LogP contribution in [0, 0.1) is 0 Å². The molecule has 0 spiro atoms. The average Bonchev–Trinajstić information content (AvgIpc) is 3.28. The Morgan fingerprint density at radius 3 is 2.16 bits per heavy atom. The quantitative estimate of drug-likeness (QED) is 0.375. The minimum atomic E-state index is -0.270. The van der Waals surface area contributed by atoms with Crippen molar-refractivity contribution in [2.45, 2.75) is 13.3 Å². The van der Waals surface area contributed by atoms with E-state index in [-0.39, 0.29) is 11.9 Å². The molecule has 0 aliphatic heterocycles. The zero-order valence-corrected chi connectivity index (χ0v) is 18.2. The summed E-state index contributed by atoms with van der Waals surface area (Å²) in [5.41, 5.74) is 4.66. The first-order valence-electron chi connectivity index (χ1n) is 10.6. The Morgan fingerprint density at radius 1 is 0.844 bits per heavy atom. The molecule has 162 valence electrons. The molecule has 6 nitrogen and oxygen atoms in total. The van der Waals surface area contributed by atoms with Crippen molar-refractivity contribution in [1.82, 2.24) is 14.8 Å². The van der Waals surface area contributed by atoms with Gasteiger partial charge in [0.2, 0.25) is 0 Å². The number of benzene rings is 3. The smallest absolute Gasteiger partial charge is 0.336 e. The highest BCUT2D eigenvalue weighted by atomic mass is 16.5. The molecule has 4 aromatic rings. The maximum absolute atomic E-state index is 13.3. The van der Waals surface area contributed by atoms with E-state index in [1.54, 1.807) is 7.11 Å². The van der Waals surface area contributed by atoms with Crippen LogP contribution in [-0.2, 0) is 11.2 Å². The number of aryl methyl sites for hydroxylation is 1. The van der Waals surface area contributed by atoms with Crippen LogP contribution in [0.2, 0.25) is 0 Å². The summed E-state index contributed by atoms with van der Waals surface area (Å²) in [5.74, 6) is 0.172. The number of nitrogens with zero attached hydrogens (tertiary/aromatic N) is 3. The average molecular weight is 428 g/mol. The van der Waals surface area contributed by atoms with E-state index in [1.807, 2.05) is 78.9 Å². The van der Waals surface area contributed by atoms with Crippen LogP contribution in [0.25, 0.3) is 22.5 Å². The minimum Gasteiger partial charge on any atom is -0.460 e. The van der Waals surface area contributed by atoms with Crippen molar-refractivity contribution >= 4 is 5.91 Å². The molecule has 4 rings (SSSR count). The van der Waals surface area contributed by atoms with Crippen LogP contribution >= 0.6 is 0 Å². The monoisotopic (exact) mass is 427 g/mol. The van der Waals surface area contributed by atoms with Gasteiger partial charge in [-0.25, -0.2) is 0 Å². The molecule has 0 radical (unpaired) electrons. The lowest BCUT2D eigenvalue weighted by Gasteiger charge is -2.07. The van der Waals surface area contributed by atoms with Crippen LogP contribution < -0.4 is 4.74 Å². The first-order valence-corrected chi connectivity index (χ1v) is 10.6. The molecule has 6 heteroatoms. The summed E-state index contributed by atoms with van der Waals surface area (Å²) in [6.45, 7) is 2.81. The van der Waals surface area contributed by atoms with Gasteiger partial charge in [0.25, 0.3) is 5.91 Å². The third-order valence-corrected chi connectivity index (χ3v) is 5.16. The summed E-state index contributed by atoms with van der Waals surface area (Å²) in [4.78, 5) is 17.8. The molecule has 3 aromatic carbocycles. The van der Waals surface area contributed by atoms with E-state index in [0.717, 1.165) is 23.1 Å². The lowest BCUT2D eigenvalue weighted by molar-refractivity contribution is 0.0943. The van der Waals surface area contributed by atoms with Crippen LogP contribution in [0.4, 0.5) is 0 Å². The molecule has 0 amide bonds. The first-order chi connectivity index (χ1) is 15.7. The van der Waals surface area contributed by atoms with Crippen molar-refractivity contribution in [3.63, 3.8) is 0 Å². The van der Waals surface area contributed by atoms with Gasteiger partial charge < -0.3 is 9.47 Å². The Labute approximate surface area is 187 Å². The summed E-state index contributed by atoms with van der Waals surface area (Å²) < 4.78 is 11.9. The van der Waals surface area contributed by atoms with E-state index < -0.39 is 0 Å². The van der Waals surface area contributed by atoms with Gasteiger partial charge in [0.1, 0.15) is 6.61 Å². The van der Waals surface area contributed by atoms with Crippen LogP contribution in [0.1, 0.15) is 22.8 Å². The van der Waals surface area contributed by atoms with Gasteiger partial charge >= 0.3 is 6.01 Å². The highest BCUT2D eigenvalue weighted by molar-refractivity contribution is 5.97. The Balaban J connectivity index is 1.66. The number of carbonyl (C=O) groups excluding carboxylic acids is 1. The Hall–Kier alpha value is -3.77. The summed E-state index contributed by atoms with van der Waals surface area (Å²) in [5, 5.41) is 4.34. The van der Waals surface area contributed by atoms with Crippen molar-refractivity contribution in [2.24, 2.45) is 0 Å². The number of aromatic nitrogens is 3. The topological polar surface area (TPSA) is 66.2 Å². The molecular weight excluding hydrogens is 402 g/mol. The second-order valence-corrected chi connectivity index (χ2v) is 7.27. The SMILES string of the molecule is CCc1ccc(-c2nc(OCCOC)nn2C(=O)c2ccc(-c3ccccc3)cc2)cc1. The number of carbonyl (C=O) groups is 1. The molecule has 0 saturated heterocycles. The van der Waals surface area contributed by atoms with E-state index in [4.69, 9.17) is 9.47 Å². The Morgan fingerprint density at radius 2 is 1.50 bits per heavy atom. The van der Waals surface area contributed by atoms with E-state index in [9.17, 15) is 4.79 Å². The maximum atomic E-state index is 13.3. The summed E-state index contributed by atoms with van der Waals surface area (Å²) >= 11 is 0. The van der Waals surface area contributed by atoms with Crippen LogP contribution in [0.15, 0.2) is 78.9 Å². The lowest BCUT2D eigenvalue weighted by Crippen LogP contribution is -2.15. The zero-order valence-electron chi connectivity index (χ0n) is 18.2. The number of hydrogen-bond donors (Lipinski definition) is 0. The maximum Gasteiger partial charge on any atom is 0.336 e. The van der Waals surface area contributed by atoms with Crippen molar-refractivity contribution in [3.8, 4) is 28.5 Å². The molecule has 0 fully saturated rings. The Bertz CT molecular complexity index is 1170. The molecule has 0 aliphatic rings. The van der Waals surface area contributed by atoms with E-state index in [1.165, 1.54) is 10.2 Å². The predicted molar refractivity (Wildman–Crippen MR) is 124 cm³/mol. The van der Waals surface area contributed by atoms with Crippen molar-refractivity contribution in [1.29, 1.82) is 0 Å². The molecule has 0 unspecified atom stereocenters.